The molecule has 0 radical (unpaired) electrons. The van der Waals surface area contributed by atoms with Gasteiger partial charge in [0, 0.05) is 6.92 Å². The van der Waals surface area contributed by atoms with Gasteiger partial charge in [-0.25, -0.2) is 0 Å². The van der Waals surface area contributed by atoms with Crippen LogP contribution >= 0.6 is 23.2 Å². The number of hydrogen-bond donors (Lipinski definition) is 0. The molecule has 0 aliphatic rings. The number of esters is 1. The highest BCUT2D eigenvalue weighted by atomic mass is 35.5. The van der Waals surface area contributed by atoms with Crippen LogP contribution in [0.2, 0.25) is 10.0 Å². The van der Waals surface area contributed by atoms with Crippen LogP contribution < -0.4 is 0 Å². The van der Waals surface area contributed by atoms with Crippen LogP contribution in [0.5, 0.6) is 0 Å². The van der Waals surface area contributed by atoms with E-state index in [0.29, 0.717) is 27.8 Å². The fraction of sp³-hybridized carbons (Fsp3) is 0.417. The Labute approximate surface area is 110 Å². The molecule has 3 nitrogen and oxygen atoms in total. The summed E-state index contributed by atoms with van der Waals surface area (Å²) in [6, 6.07) is 3.59. The van der Waals surface area contributed by atoms with Gasteiger partial charge in [0.15, 0.2) is 0 Å². The van der Waals surface area contributed by atoms with Crippen molar-refractivity contribution in [2.24, 2.45) is 0 Å². The third kappa shape index (κ3) is 4.10. The fourth-order valence-electron chi connectivity index (χ4n) is 1.15. The van der Waals surface area contributed by atoms with Crippen LogP contribution in [0, 0.1) is 0 Å². The molecule has 0 aliphatic carbocycles. The summed E-state index contributed by atoms with van der Waals surface area (Å²) in [5.41, 5.74) is 1.33. The maximum atomic E-state index is 10.1. The SMILES string of the molecule is CCCCOC(C)=O.Clc1c(Cl)c2ccc1o2. The number of halogens is 2. The molecule has 0 fully saturated rings. The fourth-order valence-corrected chi connectivity index (χ4v) is 1.54. The molecule has 2 heterocycles. The first kappa shape index (κ1) is 14.1. The quantitative estimate of drug-likeness (QED) is 0.611. The number of furan rings is 2. The van der Waals surface area contributed by atoms with Crippen molar-refractivity contribution >= 4 is 40.3 Å². The van der Waals surface area contributed by atoms with E-state index in [1.807, 2.05) is 0 Å². The highest BCUT2D eigenvalue weighted by Crippen LogP contribution is 2.36. The Balaban J connectivity index is 0.000000172. The number of carbonyl (C=O) groups excluding carboxylic acids is 1. The number of unbranched alkanes of at least 4 members (excludes halogenated alkanes) is 1. The summed E-state index contributed by atoms with van der Waals surface area (Å²) in [7, 11) is 0. The monoisotopic (exact) mass is 276 g/mol. The van der Waals surface area contributed by atoms with E-state index in [1.54, 1.807) is 12.1 Å². The molecule has 2 aromatic heterocycles. The Morgan fingerprint density at radius 3 is 2.12 bits per heavy atom. The lowest BCUT2D eigenvalue weighted by molar-refractivity contribution is -0.141. The summed E-state index contributed by atoms with van der Waals surface area (Å²) in [5, 5.41) is 1.04. The van der Waals surface area contributed by atoms with Crippen molar-refractivity contribution in [1.82, 2.24) is 0 Å². The summed E-state index contributed by atoms with van der Waals surface area (Å²) in [5.74, 6) is -0.182. The molecule has 0 amide bonds. The summed E-state index contributed by atoms with van der Waals surface area (Å²) in [6.45, 7) is 4.06. The zero-order valence-corrected chi connectivity index (χ0v) is 11.3. The zero-order chi connectivity index (χ0) is 12.8. The summed E-state index contributed by atoms with van der Waals surface area (Å²) in [4.78, 5) is 10.1. The highest BCUT2D eigenvalue weighted by Gasteiger charge is 2.11. The Morgan fingerprint density at radius 2 is 1.82 bits per heavy atom. The molecule has 94 valence electrons. The van der Waals surface area contributed by atoms with Gasteiger partial charge in [0.2, 0.25) is 0 Å². The molecule has 0 atom stereocenters. The molecule has 0 aliphatic heterocycles. The van der Waals surface area contributed by atoms with Crippen molar-refractivity contribution in [1.29, 1.82) is 0 Å². The molecule has 0 saturated carbocycles. The molecule has 0 N–H and O–H groups in total. The molecule has 17 heavy (non-hydrogen) atoms. The number of benzene rings is 1. The Bertz CT molecular complexity index is 434. The smallest absolute Gasteiger partial charge is 0.302 e. The first-order valence-corrected chi connectivity index (χ1v) is 6.11. The van der Waals surface area contributed by atoms with E-state index in [2.05, 4.69) is 11.7 Å². The van der Waals surface area contributed by atoms with Crippen molar-refractivity contribution in [2.75, 3.05) is 6.61 Å². The normalized spacial score (nSPS) is 10.1. The highest BCUT2D eigenvalue weighted by molar-refractivity contribution is 6.46. The van der Waals surface area contributed by atoms with Crippen LogP contribution in [0.15, 0.2) is 16.5 Å². The molecular formula is C12H14Cl2O3. The van der Waals surface area contributed by atoms with Crippen LogP contribution in [-0.4, -0.2) is 12.6 Å². The van der Waals surface area contributed by atoms with Gasteiger partial charge in [-0.1, -0.05) is 36.5 Å². The summed E-state index contributed by atoms with van der Waals surface area (Å²) < 4.78 is 9.72. The molecule has 0 spiro atoms. The van der Waals surface area contributed by atoms with Gasteiger partial charge < -0.3 is 9.15 Å². The van der Waals surface area contributed by atoms with Gasteiger partial charge in [0.05, 0.1) is 6.61 Å². The second-order valence-corrected chi connectivity index (χ2v) is 4.24. The van der Waals surface area contributed by atoms with Crippen molar-refractivity contribution in [3.05, 3.63) is 22.2 Å². The van der Waals surface area contributed by atoms with Gasteiger partial charge in [0.25, 0.3) is 0 Å². The second-order valence-electron chi connectivity index (χ2n) is 3.49. The molecule has 0 aromatic carbocycles. The molecule has 2 bridgehead atoms. The molecule has 0 saturated heterocycles. The third-order valence-electron chi connectivity index (χ3n) is 2.03. The zero-order valence-electron chi connectivity index (χ0n) is 9.76. The van der Waals surface area contributed by atoms with E-state index >= 15 is 0 Å². The lowest BCUT2D eigenvalue weighted by Crippen LogP contribution is -1.99. The average molecular weight is 277 g/mol. The van der Waals surface area contributed by atoms with Gasteiger partial charge in [-0.15, -0.1) is 0 Å². The van der Waals surface area contributed by atoms with Gasteiger partial charge in [-0.05, 0) is 18.6 Å². The molecule has 0 unspecified atom stereocenters. The predicted molar refractivity (Wildman–Crippen MR) is 69.0 cm³/mol. The maximum Gasteiger partial charge on any atom is 0.302 e. The van der Waals surface area contributed by atoms with Crippen molar-refractivity contribution in [3.63, 3.8) is 0 Å². The van der Waals surface area contributed by atoms with Crippen LogP contribution in [0.25, 0.3) is 11.2 Å². The average Bonchev–Trinajstić information content (AvgIpc) is 2.84. The van der Waals surface area contributed by atoms with Gasteiger partial charge in [-0.3, -0.25) is 4.79 Å². The molecule has 2 aromatic rings. The number of rotatable bonds is 3. The van der Waals surface area contributed by atoms with E-state index in [1.165, 1.54) is 6.92 Å². The van der Waals surface area contributed by atoms with Crippen molar-refractivity contribution in [2.45, 2.75) is 26.7 Å². The van der Waals surface area contributed by atoms with Crippen LogP contribution in [0.4, 0.5) is 0 Å². The Kier molecular flexibility index (Phi) is 5.59. The topological polar surface area (TPSA) is 39.4 Å². The van der Waals surface area contributed by atoms with Gasteiger partial charge >= 0.3 is 5.97 Å². The molecule has 5 heteroatoms. The second kappa shape index (κ2) is 6.72. The van der Waals surface area contributed by atoms with E-state index in [4.69, 9.17) is 27.6 Å². The van der Waals surface area contributed by atoms with E-state index in [0.717, 1.165) is 12.8 Å². The molecular weight excluding hydrogens is 263 g/mol. The minimum Gasteiger partial charge on any atom is -0.466 e. The first-order chi connectivity index (χ1) is 8.06. The minimum absolute atomic E-state index is 0.182. The largest absolute Gasteiger partial charge is 0.466 e. The predicted octanol–water partition coefficient (Wildman–Crippen LogP) is 4.53. The van der Waals surface area contributed by atoms with Crippen molar-refractivity contribution < 1.29 is 13.9 Å². The van der Waals surface area contributed by atoms with Crippen molar-refractivity contribution in [3.8, 4) is 0 Å². The first-order valence-electron chi connectivity index (χ1n) is 5.35. The Morgan fingerprint density at radius 1 is 1.29 bits per heavy atom. The lowest BCUT2D eigenvalue weighted by atomic mass is 10.4. The number of ether oxygens (including phenoxy) is 1. The number of fused-ring (bicyclic) bond motifs is 2. The number of hydrogen-bond acceptors (Lipinski definition) is 3. The van der Waals surface area contributed by atoms with Gasteiger partial charge in [0.1, 0.15) is 21.2 Å². The lowest BCUT2D eigenvalue weighted by Gasteiger charge is -1.96. The molecule has 2 rings (SSSR count). The van der Waals surface area contributed by atoms with E-state index < -0.39 is 0 Å². The van der Waals surface area contributed by atoms with E-state index in [-0.39, 0.29) is 5.97 Å². The third-order valence-corrected chi connectivity index (χ3v) is 2.88. The van der Waals surface area contributed by atoms with Crippen LogP contribution in [0.1, 0.15) is 26.7 Å². The summed E-state index contributed by atoms with van der Waals surface area (Å²) in [6.07, 6.45) is 2.05. The van der Waals surface area contributed by atoms with Crippen LogP contribution in [0.3, 0.4) is 0 Å². The Hall–Kier alpha value is -0.930. The number of carbonyl (C=O) groups is 1. The van der Waals surface area contributed by atoms with Crippen LogP contribution in [-0.2, 0) is 9.53 Å². The van der Waals surface area contributed by atoms with E-state index in [9.17, 15) is 4.79 Å². The van der Waals surface area contributed by atoms with Gasteiger partial charge in [-0.2, -0.15) is 0 Å². The maximum absolute atomic E-state index is 10.1. The minimum atomic E-state index is -0.182. The standard InChI is InChI=1S/C6H2Cl2O.C6H12O2/c7-5-3-1-2-4(9-3)6(5)8;1-3-4-5-8-6(2)7/h1-2H;3-5H2,1-2H3. The summed E-state index contributed by atoms with van der Waals surface area (Å²) >= 11 is 11.3.